The van der Waals surface area contributed by atoms with Gasteiger partial charge < -0.3 is 15.2 Å². The lowest BCUT2D eigenvalue weighted by Gasteiger charge is -2.13. The number of aliphatic imine (C=N–C) groups is 1. The maximum absolute atomic E-state index is 12.1. The van der Waals surface area contributed by atoms with E-state index in [9.17, 15) is 9.59 Å². The van der Waals surface area contributed by atoms with Crippen molar-refractivity contribution in [1.29, 1.82) is 0 Å². The number of carboxylic acids is 1. The number of nitrogens with one attached hydrogen (secondary N) is 1. The molecule has 1 unspecified atom stereocenters. The van der Waals surface area contributed by atoms with Crippen LogP contribution in [0.2, 0.25) is 0 Å². The molecule has 27 heavy (non-hydrogen) atoms. The average molecular weight is 382 g/mol. The number of ether oxygens (including phenoxy) is 1. The second-order valence-electron chi connectivity index (χ2n) is 5.74. The highest BCUT2D eigenvalue weighted by Gasteiger charge is 2.23. The van der Waals surface area contributed by atoms with Crippen molar-refractivity contribution in [3.8, 4) is 5.75 Å². The highest BCUT2D eigenvalue weighted by Crippen LogP contribution is 2.28. The molecule has 2 N–H and O–H groups in total. The highest BCUT2D eigenvalue weighted by molar-refractivity contribution is 8.18. The van der Waals surface area contributed by atoms with E-state index in [-0.39, 0.29) is 5.91 Å². The number of carboxylic acid groups (broad SMARTS) is 1. The van der Waals surface area contributed by atoms with Crippen molar-refractivity contribution < 1.29 is 19.4 Å². The SMILES string of the molecule is CCC(Oc1ccc(/C=C2/SC(=Nc3ccccc3)NC2=O)cc1)C(=O)O. The molecule has 1 heterocycles. The molecule has 1 aliphatic rings. The van der Waals surface area contributed by atoms with Gasteiger partial charge in [-0.15, -0.1) is 0 Å². The van der Waals surface area contributed by atoms with Gasteiger partial charge in [0.2, 0.25) is 0 Å². The number of thioether (sulfide) groups is 1. The summed E-state index contributed by atoms with van der Waals surface area (Å²) in [5.74, 6) is -0.721. The first kappa shape index (κ1) is 18.7. The Hall–Kier alpha value is -3.06. The molecule has 6 nitrogen and oxygen atoms in total. The summed E-state index contributed by atoms with van der Waals surface area (Å²) in [4.78, 5) is 28.1. The van der Waals surface area contributed by atoms with E-state index in [2.05, 4.69) is 10.3 Å². The molecule has 1 amide bonds. The fourth-order valence-corrected chi connectivity index (χ4v) is 3.21. The van der Waals surface area contributed by atoms with Gasteiger partial charge in [-0.1, -0.05) is 37.3 Å². The van der Waals surface area contributed by atoms with E-state index in [4.69, 9.17) is 9.84 Å². The molecule has 1 aliphatic heterocycles. The lowest BCUT2D eigenvalue weighted by Crippen LogP contribution is -2.25. The molecule has 2 aromatic carbocycles. The van der Waals surface area contributed by atoms with E-state index < -0.39 is 12.1 Å². The zero-order valence-electron chi connectivity index (χ0n) is 14.6. The second-order valence-corrected chi connectivity index (χ2v) is 6.77. The Morgan fingerprint density at radius 3 is 2.56 bits per heavy atom. The quantitative estimate of drug-likeness (QED) is 0.742. The number of nitrogens with zero attached hydrogens (tertiary/aromatic N) is 1. The lowest BCUT2D eigenvalue weighted by molar-refractivity contribution is -0.145. The van der Waals surface area contributed by atoms with Crippen molar-refractivity contribution in [3.63, 3.8) is 0 Å². The Labute approximate surface area is 161 Å². The minimum atomic E-state index is -0.993. The van der Waals surface area contributed by atoms with Gasteiger partial charge in [0.15, 0.2) is 11.3 Å². The third-order valence-electron chi connectivity index (χ3n) is 3.74. The molecule has 0 spiro atoms. The van der Waals surface area contributed by atoms with Crippen LogP contribution in [0.5, 0.6) is 5.75 Å². The molecule has 7 heteroatoms. The van der Waals surface area contributed by atoms with Gasteiger partial charge >= 0.3 is 5.97 Å². The van der Waals surface area contributed by atoms with Crippen LogP contribution in [0.1, 0.15) is 18.9 Å². The maximum Gasteiger partial charge on any atom is 0.344 e. The first-order valence-corrected chi connectivity index (χ1v) is 9.21. The van der Waals surface area contributed by atoms with Crippen molar-refractivity contribution in [2.45, 2.75) is 19.4 Å². The summed E-state index contributed by atoms with van der Waals surface area (Å²) in [7, 11) is 0. The number of amidine groups is 1. The number of carbonyl (C=O) groups is 2. The van der Waals surface area contributed by atoms with Gasteiger partial charge in [0.1, 0.15) is 5.75 Å². The highest BCUT2D eigenvalue weighted by atomic mass is 32.2. The molecule has 1 atom stereocenters. The first-order valence-electron chi connectivity index (χ1n) is 8.39. The number of hydrogen-bond donors (Lipinski definition) is 2. The Bertz CT molecular complexity index is 892. The van der Waals surface area contributed by atoms with E-state index in [0.29, 0.717) is 22.2 Å². The predicted octanol–water partition coefficient (Wildman–Crippen LogP) is 3.82. The minimum Gasteiger partial charge on any atom is -0.479 e. The Balaban J connectivity index is 1.70. The molecule has 1 fully saturated rings. The van der Waals surface area contributed by atoms with Crippen molar-refractivity contribution >= 4 is 40.6 Å². The van der Waals surface area contributed by atoms with Gasteiger partial charge in [-0.25, -0.2) is 9.79 Å². The number of amides is 1. The van der Waals surface area contributed by atoms with Crippen molar-refractivity contribution in [3.05, 3.63) is 65.1 Å². The molecule has 0 saturated carbocycles. The molecule has 138 valence electrons. The van der Waals surface area contributed by atoms with Crippen molar-refractivity contribution in [2.24, 2.45) is 4.99 Å². The lowest BCUT2D eigenvalue weighted by atomic mass is 10.2. The van der Waals surface area contributed by atoms with Gasteiger partial charge in [-0.2, -0.15) is 0 Å². The van der Waals surface area contributed by atoms with Crippen LogP contribution in [0, 0.1) is 0 Å². The molecular formula is C20H18N2O4S. The smallest absolute Gasteiger partial charge is 0.344 e. The van der Waals surface area contributed by atoms with Crippen LogP contribution in [0.3, 0.4) is 0 Å². The van der Waals surface area contributed by atoms with E-state index in [1.54, 1.807) is 37.3 Å². The fraction of sp³-hybridized carbons (Fsp3) is 0.150. The van der Waals surface area contributed by atoms with Gasteiger partial charge in [-0.3, -0.25) is 4.79 Å². The van der Waals surface area contributed by atoms with Gasteiger partial charge in [0.25, 0.3) is 5.91 Å². The summed E-state index contributed by atoms with van der Waals surface area (Å²) in [6.07, 6.45) is 1.26. The number of carbonyl (C=O) groups excluding carboxylic acids is 1. The molecule has 0 aliphatic carbocycles. The number of para-hydroxylation sites is 1. The number of hydrogen-bond acceptors (Lipinski definition) is 5. The van der Waals surface area contributed by atoms with Crippen LogP contribution in [0.15, 0.2) is 64.5 Å². The first-order chi connectivity index (χ1) is 13.0. The summed E-state index contributed by atoms with van der Waals surface area (Å²) in [5, 5.41) is 12.3. The monoisotopic (exact) mass is 382 g/mol. The topological polar surface area (TPSA) is 88.0 Å². The van der Waals surface area contributed by atoms with Crippen LogP contribution in [0.25, 0.3) is 6.08 Å². The molecule has 3 rings (SSSR count). The normalized spacial score (nSPS) is 17.7. The molecule has 1 saturated heterocycles. The van der Waals surface area contributed by atoms with Crippen LogP contribution in [-0.2, 0) is 9.59 Å². The fourth-order valence-electron chi connectivity index (χ4n) is 2.37. The largest absolute Gasteiger partial charge is 0.479 e. The zero-order chi connectivity index (χ0) is 19.2. The molecular weight excluding hydrogens is 364 g/mol. The number of benzene rings is 2. The Morgan fingerprint density at radius 1 is 1.22 bits per heavy atom. The number of rotatable bonds is 6. The third-order valence-corrected chi connectivity index (χ3v) is 4.65. The third kappa shape index (κ3) is 4.98. The van der Waals surface area contributed by atoms with Crippen LogP contribution >= 0.6 is 11.8 Å². The standard InChI is InChI=1S/C20H18N2O4S/c1-2-16(19(24)25)26-15-10-8-13(9-11-15)12-17-18(23)22-20(27-17)21-14-6-4-3-5-7-14/h3-12,16H,2H2,1H3,(H,24,25)(H,21,22,23)/b17-12+. The Morgan fingerprint density at radius 2 is 1.93 bits per heavy atom. The van der Waals surface area contributed by atoms with Crippen LogP contribution < -0.4 is 10.1 Å². The van der Waals surface area contributed by atoms with Gasteiger partial charge in [0, 0.05) is 0 Å². The van der Waals surface area contributed by atoms with Gasteiger partial charge in [0.05, 0.1) is 10.6 Å². The van der Waals surface area contributed by atoms with E-state index in [0.717, 1.165) is 11.3 Å². The summed E-state index contributed by atoms with van der Waals surface area (Å²) >= 11 is 1.27. The zero-order valence-corrected chi connectivity index (χ0v) is 15.4. The summed E-state index contributed by atoms with van der Waals surface area (Å²) in [6.45, 7) is 1.75. The number of aliphatic carboxylic acids is 1. The Kier molecular flexibility index (Phi) is 5.93. The van der Waals surface area contributed by atoms with E-state index in [1.807, 2.05) is 30.3 Å². The summed E-state index contributed by atoms with van der Waals surface area (Å²) < 4.78 is 5.43. The van der Waals surface area contributed by atoms with Crippen LogP contribution in [-0.4, -0.2) is 28.3 Å². The molecule has 2 aromatic rings. The van der Waals surface area contributed by atoms with Crippen LogP contribution in [0.4, 0.5) is 5.69 Å². The molecule has 0 bridgehead atoms. The summed E-state index contributed by atoms with van der Waals surface area (Å²) in [6, 6.07) is 16.3. The second kappa shape index (κ2) is 8.55. The molecule has 0 aromatic heterocycles. The molecule has 0 radical (unpaired) electrons. The van der Waals surface area contributed by atoms with E-state index >= 15 is 0 Å². The van der Waals surface area contributed by atoms with Crippen molar-refractivity contribution in [1.82, 2.24) is 5.32 Å². The van der Waals surface area contributed by atoms with E-state index in [1.165, 1.54) is 11.8 Å². The maximum atomic E-state index is 12.1. The van der Waals surface area contributed by atoms with Gasteiger partial charge in [-0.05, 0) is 54.1 Å². The minimum absolute atomic E-state index is 0.202. The average Bonchev–Trinajstić information content (AvgIpc) is 3.00. The predicted molar refractivity (Wildman–Crippen MR) is 106 cm³/mol. The summed E-state index contributed by atoms with van der Waals surface area (Å²) in [5.41, 5.74) is 1.58. The van der Waals surface area contributed by atoms with Crippen molar-refractivity contribution in [2.75, 3.05) is 0 Å².